The fraction of sp³-hybridized carbons (Fsp3) is 0.442. The molecule has 59 heavy (non-hydrogen) atoms. The van der Waals surface area contributed by atoms with Crippen molar-refractivity contribution in [2.24, 2.45) is 11.3 Å². The molecule has 5 aromatic rings. The number of aromatic amines is 2. The van der Waals surface area contributed by atoms with Gasteiger partial charge in [0, 0.05) is 35.8 Å². The number of nitrogens with one attached hydrogen (secondary N) is 4. The molecule has 3 aliphatic rings. The Bertz CT molecular complexity index is 2420. The average molecular weight is 806 g/mol. The highest BCUT2D eigenvalue weighted by atomic mass is 16.5. The minimum absolute atomic E-state index is 0.124. The topological polar surface area (TPSA) is 189 Å². The number of amides is 4. The van der Waals surface area contributed by atoms with E-state index in [0.29, 0.717) is 36.2 Å². The van der Waals surface area contributed by atoms with Crippen molar-refractivity contribution >= 4 is 34.9 Å². The van der Waals surface area contributed by atoms with Crippen molar-refractivity contribution in [3.63, 3.8) is 0 Å². The number of hydrogen-bond donors (Lipinski definition) is 4. The van der Waals surface area contributed by atoms with E-state index in [1.54, 1.807) is 11.1 Å². The largest absolute Gasteiger partial charge is 0.453 e. The minimum Gasteiger partial charge on any atom is -0.453 e. The number of imidazole rings is 2. The van der Waals surface area contributed by atoms with Gasteiger partial charge in [-0.1, -0.05) is 40.7 Å². The van der Waals surface area contributed by atoms with Crippen LogP contribution in [-0.4, -0.2) is 97.7 Å². The van der Waals surface area contributed by atoms with Gasteiger partial charge in [-0.05, 0) is 67.3 Å². The SMILES string of the molecule is COC(=O)N[C@H](C(=O)N1CCC[C@H]1c1ncc(-c2ccc3c(c2)Oc2ccc(-c4cnc([C@@H]5CCCN5C(=O)[C@@H](NC(=O)OC)C(C)(C)C)[nH]4)c4ccn-3c24)[nH]1)C(C)C. The molecule has 16 heteroatoms. The van der Waals surface area contributed by atoms with E-state index < -0.39 is 29.7 Å². The summed E-state index contributed by atoms with van der Waals surface area (Å²) in [6, 6.07) is 10.1. The van der Waals surface area contributed by atoms with Gasteiger partial charge in [0.2, 0.25) is 11.8 Å². The maximum Gasteiger partial charge on any atom is 0.407 e. The molecule has 0 saturated carbocycles. The van der Waals surface area contributed by atoms with Crippen LogP contribution in [0.5, 0.6) is 11.5 Å². The van der Waals surface area contributed by atoms with Crippen molar-refractivity contribution in [2.75, 3.05) is 27.3 Å². The smallest absolute Gasteiger partial charge is 0.407 e. The summed E-state index contributed by atoms with van der Waals surface area (Å²) in [7, 11) is 2.58. The molecular formula is C43H51N9O7. The molecule has 310 valence electrons. The zero-order valence-corrected chi connectivity index (χ0v) is 34.4. The third-order valence-corrected chi connectivity index (χ3v) is 11.7. The monoisotopic (exact) mass is 805 g/mol. The summed E-state index contributed by atoms with van der Waals surface area (Å²) in [6.07, 6.45) is 7.50. The summed E-state index contributed by atoms with van der Waals surface area (Å²) in [5, 5.41) is 6.43. The summed E-state index contributed by atoms with van der Waals surface area (Å²) in [5.41, 5.74) is 4.73. The highest BCUT2D eigenvalue weighted by Gasteiger charge is 2.42. The molecule has 0 radical (unpaired) electrons. The molecule has 0 bridgehead atoms. The maximum atomic E-state index is 13.9. The summed E-state index contributed by atoms with van der Waals surface area (Å²) < 4.78 is 18.3. The van der Waals surface area contributed by atoms with Crippen LogP contribution in [-0.2, 0) is 19.1 Å². The van der Waals surface area contributed by atoms with E-state index >= 15 is 0 Å². The number of benzene rings is 2. The van der Waals surface area contributed by atoms with Gasteiger partial charge in [-0.3, -0.25) is 9.59 Å². The Morgan fingerprint density at radius 2 is 1.44 bits per heavy atom. The van der Waals surface area contributed by atoms with Crippen molar-refractivity contribution in [1.29, 1.82) is 0 Å². The molecule has 8 rings (SSSR count). The molecular weight excluding hydrogens is 755 g/mol. The molecule has 16 nitrogen and oxygen atoms in total. The molecule has 3 aromatic heterocycles. The van der Waals surface area contributed by atoms with Gasteiger partial charge in [-0.15, -0.1) is 0 Å². The molecule has 6 heterocycles. The maximum absolute atomic E-state index is 13.9. The van der Waals surface area contributed by atoms with Crippen LogP contribution in [0.1, 0.15) is 84.0 Å². The molecule has 0 aliphatic carbocycles. The van der Waals surface area contributed by atoms with Gasteiger partial charge in [-0.2, -0.15) is 0 Å². The zero-order valence-electron chi connectivity index (χ0n) is 34.4. The minimum atomic E-state index is -0.764. The van der Waals surface area contributed by atoms with E-state index in [0.717, 1.165) is 64.8 Å². The van der Waals surface area contributed by atoms with Crippen molar-refractivity contribution in [2.45, 2.75) is 84.5 Å². The Morgan fingerprint density at radius 3 is 2.08 bits per heavy atom. The number of nitrogens with zero attached hydrogens (tertiary/aromatic N) is 5. The Balaban J connectivity index is 1.02. The van der Waals surface area contributed by atoms with E-state index in [9.17, 15) is 19.2 Å². The molecule has 4 amide bonds. The van der Waals surface area contributed by atoms with Gasteiger partial charge in [0.15, 0.2) is 11.5 Å². The van der Waals surface area contributed by atoms with Gasteiger partial charge in [0.1, 0.15) is 23.7 Å². The third kappa shape index (κ3) is 7.25. The molecule has 0 spiro atoms. The lowest BCUT2D eigenvalue weighted by molar-refractivity contribution is -0.137. The van der Waals surface area contributed by atoms with E-state index in [-0.39, 0.29) is 29.8 Å². The summed E-state index contributed by atoms with van der Waals surface area (Å²) in [4.78, 5) is 71.8. The molecule has 3 aliphatic heterocycles. The van der Waals surface area contributed by atoms with Crippen molar-refractivity contribution in [3.05, 3.63) is 66.6 Å². The Labute approximate surface area is 342 Å². The van der Waals surface area contributed by atoms with Crippen LogP contribution in [0.3, 0.4) is 0 Å². The fourth-order valence-electron chi connectivity index (χ4n) is 8.62. The molecule has 2 aromatic carbocycles. The van der Waals surface area contributed by atoms with E-state index in [1.807, 2.05) is 82.2 Å². The number of H-pyrrole nitrogens is 2. The molecule has 2 fully saturated rings. The molecule has 0 unspecified atom stereocenters. The highest BCUT2D eigenvalue weighted by molar-refractivity contribution is 6.00. The van der Waals surface area contributed by atoms with E-state index in [2.05, 4.69) is 31.2 Å². The average Bonchev–Trinajstić information content (AvgIpc) is 4.07. The van der Waals surface area contributed by atoms with Gasteiger partial charge in [0.25, 0.3) is 0 Å². The van der Waals surface area contributed by atoms with E-state index in [1.165, 1.54) is 14.2 Å². The number of methoxy groups -OCH3 is 2. The number of hydrogen-bond acceptors (Lipinski definition) is 9. The number of rotatable bonds is 9. The lowest BCUT2D eigenvalue weighted by Crippen LogP contribution is -2.54. The number of carbonyl (C=O) groups is 4. The van der Waals surface area contributed by atoms with Crippen LogP contribution in [0.2, 0.25) is 0 Å². The number of aromatic nitrogens is 5. The standard InChI is InChI=1S/C43H51N9O7/c1-23(2)34(48-41(55)57-6)39(53)51-17-8-10-30(51)37-44-21-27(46-37)24-12-14-29-33(20-24)59-32-15-13-25(26-16-19-50(29)35(26)32)28-22-45-38(47-28)31-11-9-18-52(31)40(54)36(43(3,4)5)49-42(56)58-7/h12-16,19-23,30-31,34,36H,8-11,17-18H2,1-7H3,(H,44,46)(H,45,47)(H,48,55)(H,49,56)/t30-,31-,34-,36+/m0/s1. The quantitative estimate of drug-likeness (QED) is 0.119. The van der Waals surface area contributed by atoms with Gasteiger partial charge in [-0.25, -0.2) is 19.6 Å². The zero-order chi connectivity index (χ0) is 41.7. The first-order chi connectivity index (χ1) is 28.3. The lowest BCUT2D eigenvalue weighted by atomic mass is 9.85. The second-order valence-corrected chi connectivity index (χ2v) is 16.9. The number of ether oxygens (including phenoxy) is 3. The number of carbonyl (C=O) groups excluding carboxylic acids is 4. The Hall–Kier alpha value is -6.32. The van der Waals surface area contributed by atoms with Crippen molar-refractivity contribution in [3.8, 4) is 39.7 Å². The first-order valence-corrected chi connectivity index (χ1v) is 20.1. The Morgan fingerprint density at radius 1 is 0.814 bits per heavy atom. The van der Waals surface area contributed by atoms with Gasteiger partial charge < -0.3 is 49.2 Å². The molecule has 4 atom stereocenters. The first-order valence-electron chi connectivity index (χ1n) is 20.1. The second kappa shape index (κ2) is 15.5. The van der Waals surface area contributed by atoms with Crippen molar-refractivity contribution < 1.29 is 33.4 Å². The second-order valence-electron chi connectivity index (χ2n) is 16.9. The fourth-order valence-corrected chi connectivity index (χ4v) is 8.62. The Kier molecular flexibility index (Phi) is 10.3. The van der Waals surface area contributed by atoms with Crippen LogP contribution >= 0.6 is 0 Å². The van der Waals surface area contributed by atoms with Crippen LogP contribution in [0.4, 0.5) is 9.59 Å². The van der Waals surface area contributed by atoms with Gasteiger partial charge >= 0.3 is 12.2 Å². The number of alkyl carbamates (subject to hydrolysis) is 2. The predicted octanol–water partition coefficient (Wildman–Crippen LogP) is 6.99. The summed E-state index contributed by atoms with van der Waals surface area (Å²) in [5.74, 6) is 2.33. The highest BCUT2D eigenvalue weighted by Crippen LogP contribution is 2.45. The summed E-state index contributed by atoms with van der Waals surface area (Å²) in [6.45, 7) is 10.7. The van der Waals surface area contributed by atoms with E-state index in [4.69, 9.17) is 24.2 Å². The number of likely N-dealkylation sites (tertiary alicyclic amines) is 2. The molecule has 4 N–H and O–H groups in total. The lowest BCUT2D eigenvalue weighted by Gasteiger charge is -2.35. The third-order valence-electron chi connectivity index (χ3n) is 11.7. The normalized spacial score (nSPS) is 18.4. The molecule has 2 saturated heterocycles. The first kappa shape index (κ1) is 39.5. The van der Waals surface area contributed by atoms with Crippen molar-refractivity contribution in [1.82, 2.24) is 44.9 Å². The van der Waals surface area contributed by atoms with Crippen LogP contribution in [0, 0.1) is 11.3 Å². The number of fused-ring (bicyclic) bond motifs is 2. The van der Waals surface area contributed by atoms with Crippen LogP contribution in [0.15, 0.2) is 55.0 Å². The van der Waals surface area contributed by atoms with Crippen LogP contribution < -0.4 is 15.4 Å². The van der Waals surface area contributed by atoms with Crippen LogP contribution in [0.25, 0.3) is 39.1 Å². The van der Waals surface area contributed by atoms with Gasteiger partial charge in [0.05, 0.1) is 61.3 Å². The predicted molar refractivity (Wildman–Crippen MR) is 219 cm³/mol. The summed E-state index contributed by atoms with van der Waals surface area (Å²) >= 11 is 0.